The zero-order chi connectivity index (χ0) is 14.2. The highest BCUT2D eigenvalue weighted by Crippen LogP contribution is 2.30. The quantitative estimate of drug-likeness (QED) is 0.864. The fraction of sp³-hybridized carbons (Fsp3) is 0.438. The van der Waals surface area contributed by atoms with Crippen molar-refractivity contribution >= 4 is 17.0 Å². The molecule has 0 aliphatic heterocycles. The van der Waals surface area contributed by atoms with Crippen LogP contribution < -0.4 is 5.32 Å². The van der Waals surface area contributed by atoms with E-state index in [1.807, 2.05) is 0 Å². The first-order valence-electron chi connectivity index (χ1n) is 6.66. The van der Waals surface area contributed by atoms with E-state index in [0.717, 1.165) is 10.7 Å². The predicted octanol–water partition coefficient (Wildman–Crippen LogP) is 4.86. The van der Waals surface area contributed by atoms with Crippen LogP contribution in [-0.2, 0) is 0 Å². The number of aromatic nitrogens is 1. The van der Waals surface area contributed by atoms with E-state index in [4.69, 9.17) is 0 Å². The molecule has 2 aromatic rings. The van der Waals surface area contributed by atoms with Crippen molar-refractivity contribution in [2.24, 2.45) is 0 Å². The van der Waals surface area contributed by atoms with Gasteiger partial charge in [-0.25, -0.2) is 4.98 Å². The Kier molecular flexibility index (Phi) is 3.95. The molecule has 0 spiro atoms. The first-order valence-corrected chi connectivity index (χ1v) is 7.48. The summed E-state index contributed by atoms with van der Waals surface area (Å²) >= 11 is 1.78. The number of nitrogens with zero attached hydrogens (tertiary/aromatic N) is 1. The van der Waals surface area contributed by atoms with Gasteiger partial charge in [-0.05, 0) is 52.7 Å². The van der Waals surface area contributed by atoms with E-state index < -0.39 is 0 Å². The van der Waals surface area contributed by atoms with E-state index in [1.165, 1.54) is 27.3 Å². The molecule has 1 aromatic carbocycles. The van der Waals surface area contributed by atoms with Gasteiger partial charge in [0.25, 0.3) is 0 Å². The number of hydrogen-bond donors (Lipinski definition) is 1. The Morgan fingerprint density at radius 3 is 2.11 bits per heavy atom. The van der Waals surface area contributed by atoms with Crippen molar-refractivity contribution in [3.05, 3.63) is 44.4 Å². The maximum absolute atomic E-state index is 4.51. The molecular formula is C16H22N2S. The summed E-state index contributed by atoms with van der Waals surface area (Å²) in [4.78, 5) is 5.84. The maximum atomic E-state index is 4.51. The van der Waals surface area contributed by atoms with Crippen LogP contribution in [0.2, 0.25) is 0 Å². The van der Waals surface area contributed by atoms with Crippen molar-refractivity contribution in [3.8, 4) is 0 Å². The Balaban J connectivity index is 2.29. The number of rotatable bonds is 3. The number of anilines is 1. The van der Waals surface area contributed by atoms with Crippen LogP contribution in [0.4, 0.5) is 5.69 Å². The highest BCUT2D eigenvalue weighted by Gasteiger charge is 2.14. The Labute approximate surface area is 119 Å². The summed E-state index contributed by atoms with van der Waals surface area (Å²) in [7, 11) is 0. The smallest absolute Gasteiger partial charge is 0.0900 e. The van der Waals surface area contributed by atoms with E-state index in [2.05, 4.69) is 64.0 Å². The monoisotopic (exact) mass is 274 g/mol. The number of aryl methyl sites for hydroxylation is 5. The summed E-state index contributed by atoms with van der Waals surface area (Å²) in [5.74, 6) is 0. The van der Waals surface area contributed by atoms with Gasteiger partial charge in [0.15, 0.2) is 0 Å². The van der Waals surface area contributed by atoms with E-state index >= 15 is 0 Å². The molecule has 1 N–H and O–H groups in total. The lowest BCUT2D eigenvalue weighted by molar-refractivity contribution is 0.885. The summed E-state index contributed by atoms with van der Waals surface area (Å²) in [6.45, 7) is 12.8. The fourth-order valence-corrected chi connectivity index (χ4v) is 3.57. The van der Waals surface area contributed by atoms with E-state index in [-0.39, 0.29) is 0 Å². The minimum atomic E-state index is 0.298. The van der Waals surface area contributed by atoms with Gasteiger partial charge in [0.1, 0.15) is 0 Å². The third-order valence-electron chi connectivity index (χ3n) is 3.37. The van der Waals surface area contributed by atoms with Gasteiger partial charge in [0.05, 0.1) is 16.7 Å². The van der Waals surface area contributed by atoms with Gasteiger partial charge in [-0.3, -0.25) is 0 Å². The fourth-order valence-electron chi connectivity index (χ4n) is 2.64. The van der Waals surface area contributed by atoms with Crippen molar-refractivity contribution in [2.75, 3.05) is 5.32 Å². The molecule has 0 amide bonds. The lowest BCUT2D eigenvalue weighted by atomic mass is 10.0. The zero-order valence-electron chi connectivity index (χ0n) is 12.6. The van der Waals surface area contributed by atoms with Gasteiger partial charge in [-0.1, -0.05) is 17.7 Å². The highest BCUT2D eigenvalue weighted by molar-refractivity contribution is 7.11. The molecule has 0 bridgehead atoms. The molecule has 1 heterocycles. The molecule has 0 saturated heterocycles. The number of benzene rings is 1. The average Bonchev–Trinajstić information content (AvgIpc) is 2.62. The SMILES string of the molecule is Cc1cc(C)c(NC(C)c2sc(C)nc2C)c(C)c1. The van der Waals surface area contributed by atoms with Gasteiger partial charge in [0, 0.05) is 10.6 Å². The third kappa shape index (κ3) is 2.98. The summed E-state index contributed by atoms with van der Waals surface area (Å²) in [5.41, 5.74) is 6.33. The molecule has 1 aromatic heterocycles. The lowest BCUT2D eigenvalue weighted by Crippen LogP contribution is -2.09. The molecular weight excluding hydrogens is 252 g/mol. The van der Waals surface area contributed by atoms with Crippen molar-refractivity contribution < 1.29 is 0 Å². The molecule has 2 nitrogen and oxygen atoms in total. The number of thiazole rings is 1. The van der Waals surface area contributed by atoms with Crippen molar-refractivity contribution in [1.82, 2.24) is 4.98 Å². The first kappa shape index (κ1) is 14.1. The van der Waals surface area contributed by atoms with Gasteiger partial charge in [-0.15, -0.1) is 11.3 Å². The minimum absolute atomic E-state index is 0.298. The van der Waals surface area contributed by atoms with Crippen LogP contribution >= 0.6 is 11.3 Å². The van der Waals surface area contributed by atoms with E-state index in [1.54, 1.807) is 11.3 Å². The number of hydrogen-bond acceptors (Lipinski definition) is 3. The second-order valence-electron chi connectivity index (χ2n) is 5.32. The second-order valence-corrected chi connectivity index (χ2v) is 6.56. The van der Waals surface area contributed by atoms with Gasteiger partial charge in [-0.2, -0.15) is 0 Å². The molecule has 0 saturated carbocycles. The molecule has 0 fully saturated rings. The van der Waals surface area contributed by atoms with Crippen LogP contribution in [0.3, 0.4) is 0 Å². The van der Waals surface area contributed by atoms with Crippen LogP contribution in [-0.4, -0.2) is 4.98 Å². The summed E-state index contributed by atoms with van der Waals surface area (Å²) in [6.07, 6.45) is 0. The van der Waals surface area contributed by atoms with Crippen molar-refractivity contribution in [3.63, 3.8) is 0 Å². The maximum Gasteiger partial charge on any atom is 0.0900 e. The largest absolute Gasteiger partial charge is 0.377 e. The topological polar surface area (TPSA) is 24.9 Å². The molecule has 102 valence electrons. The predicted molar refractivity (Wildman–Crippen MR) is 84.3 cm³/mol. The first-order chi connectivity index (χ1) is 8.88. The van der Waals surface area contributed by atoms with Gasteiger partial charge >= 0.3 is 0 Å². The minimum Gasteiger partial charge on any atom is -0.377 e. The van der Waals surface area contributed by atoms with Gasteiger partial charge in [0.2, 0.25) is 0 Å². The summed E-state index contributed by atoms with van der Waals surface area (Å²) < 4.78 is 0. The second kappa shape index (κ2) is 5.33. The van der Waals surface area contributed by atoms with Crippen molar-refractivity contribution in [1.29, 1.82) is 0 Å². The molecule has 19 heavy (non-hydrogen) atoms. The summed E-state index contributed by atoms with van der Waals surface area (Å²) in [6, 6.07) is 4.76. The van der Waals surface area contributed by atoms with E-state index in [9.17, 15) is 0 Å². The molecule has 1 unspecified atom stereocenters. The third-order valence-corrected chi connectivity index (χ3v) is 4.63. The highest BCUT2D eigenvalue weighted by atomic mass is 32.1. The lowest BCUT2D eigenvalue weighted by Gasteiger charge is -2.19. The Morgan fingerprint density at radius 1 is 1.05 bits per heavy atom. The standard InChI is InChI=1S/C16H22N2S/c1-9-7-10(2)15(11(3)8-9)18-13(5)16-12(4)17-14(6)19-16/h7-8,13,18H,1-6H3. The molecule has 0 aliphatic rings. The Morgan fingerprint density at radius 2 is 1.63 bits per heavy atom. The van der Waals surface area contributed by atoms with Crippen LogP contribution in [0.25, 0.3) is 0 Å². The molecule has 2 rings (SSSR count). The molecule has 1 atom stereocenters. The normalized spacial score (nSPS) is 12.5. The Bertz CT molecular complexity index is 576. The average molecular weight is 274 g/mol. The Hall–Kier alpha value is -1.35. The molecule has 3 heteroatoms. The van der Waals surface area contributed by atoms with Crippen molar-refractivity contribution in [2.45, 2.75) is 47.6 Å². The summed E-state index contributed by atoms with van der Waals surface area (Å²) in [5, 5.41) is 4.78. The molecule has 0 aliphatic carbocycles. The van der Waals surface area contributed by atoms with Crippen LogP contribution in [0.1, 0.15) is 45.2 Å². The number of nitrogens with one attached hydrogen (secondary N) is 1. The zero-order valence-corrected chi connectivity index (χ0v) is 13.4. The van der Waals surface area contributed by atoms with Gasteiger partial charge < -0.3 is 5.32 Å². The molecule has 0 radical (unpaired) electrons. The van der Waals surface area contributed by atoms with Crippen LogP contribution in [0, 0.1) is 34.6 Å². The van der Waals surface area contributed by atoms with E-state index in [0.29, 0.717) is 6.04 Å². The van der Waals surface area contributed by atoms with Crippen LogP contribution in [0.5, 0.6) is 0 Å². The van der Waals surface area contributed by atoms with Crippen LogP contribution in [0.15, 0.2) is 12.1 Å².